The zero-order valence-electron chi connectivity index (χ0n) is 10.9. The average molecular weight is 225 g/mol. The van der Waals surface area contributed by atoms with Gasteiger partial charge in [0.05, 0.1) is 6.10 Å². The average Bonchev–Trinajstić information content (AvgIpc) is 2.75. The summed E-state index contributed by atoms with van der Waals surface area (Å²) in [6.45, 7) is 6.86. The van der Waals surface area contributed by atoms with Gasteiger partial charge in [-0.1, -0.05) is 26.2 Å². The smallest absolute Gasteiger partial charge is 0.0723 e. The third kappa shape index (κ3) is 2.28. The highest BCUT2D eigenvalue weighted by Gasteiger charge is 2.39. The first-order valence-corrected chi connectivity index (χ1v) is 7.10. The molecule has 1 heterocycles. The third-order valence-corrected chi connectivity index (χ3v) is 5.04. The molecule has 2 unspecified atom stereocenters. The van der Waals surface area contributed by atoms with Crippen LogP contribution in [0.5, 0.6) is 0 Å². The Labute approximate surface area is 100 Å². The van der Waals surface area contributed by atoms with Gasteiger partial charge in [-0.2, -0.15) is 0 Å². The molecular formula is C14H27NO. The van der Waals surface area contributed by atoms with E-state index in [-0.39, 0.29) is 11.6 Å². The minimum Gasteiger partial charge on any atom is -0.391 e. The van der Waals surface area contributed by atoms with E-state index in [1.54, 1.807) is 0 Å². The monoisotopic (exact) mass is 225 g/mol. The lowest BCUT2D eigenvalue weighted by Gasteiger charge is -2.44. The summed E-state index contributed by atoms with van der Waals surface area (Å²) in [4.78, 5) is 2.52. The predicted octanol–water partition coefficient (Wildman–Crippen LogP) is 2.80. The van der Waals surface area contributed by atoms with Crippen LogP contribution in [0.15, 0.2) is 0 Å². The van der Waals surface area contributed by atoms with E-state index in [0.717, 1.165) is 18.8 Å². The van der Waals surface area contributed by atoms with Crippen LogP contribution >= 0.6 is 0 Å². The van der Waals surface area contributed by atoms with Gasteiger partial charge in [0.2, 0.25) is 0 Å². The van der Waals surface area contributed by atoms with Gasteiger partial charge in [-0.15, -0.1) is 0 Å². The SMILES string of the molecule is CCC(C)(C(O)CC1CCC1)N1CCCC1. The van der Waals surface area contributed by atoms with E-state index in [4.69, 9.17) is 0 Å². The molecule has 0 spiro atoms. The molecule has 1 N–H and O–H groups in total. The van der Waals surface area contributed by atoms with E-state index in [1.165, 1.54) is 45.2 Å². The minimum atomic E-state index is -0.124. The Bertz CT molecular complexity index is 221. The Morgan fingerprint density at radius 3 is 2.31 bits per heavy atom. The highest BCUT2D eigenvalue weighted by molar-refractivity contribution is 4.95. The quantitative estimate of drug-likeness (QED) is 0.777. The standard InChI is InChI=1S/C14H27NO/c1-3-14(2,15-9-4-5-10-15)13(16)11-12-7-6-8-12/h12-13,16H,3-11H2,1-2H3. The van der Waals surface area contributed by atoms with Gasteiger partial charge in [0.25, 0.3) is 0 Å². The summed E-state index contributed by atoms with van der Waals surface area (Å²) >= 11 is 0. The van der Waals surface area contributed by atoms with Crippen LogP contribution < -0.4 is 0 Å². The first-order valence-electron chi connectivity index (χ1n) is 7.10. The van der Waals surface area contributed by atoms with Crippen LogP contribution in [0.1, 0.15) is 58.8 Å². The molecule has 94 valence electrons. The molecule has 2 heteroatoms. The minimum absolute atomic E-state index is 0.0338. The largest absolute Gasteiger partial charge is 0.391 e. The predicted molar refractivity (Wildman–Crippen MR) is 67.5 cm³/mol. The molecule has 0 aromatic heterocycles. The molecule has 1 aliphatic heterocycles. The molecule has 2 fully saturated rings. The van der Waals surface area contributed by atoms with Crippen molar-refractivity contribution in [1.29, 1.82) is 0 Å². The van der Waals surface area contributed by atoms with Gasteiger partial charge in [0.1, 0.15) is 0 Å². The molecule has 16 heavy (non-hydrogen) atoms. The zero-order valence-corrected chi connectivity index (χ0v) is 10.9. The van der Waals surface area contributed by atoms with Gasteiger partial charge < -0.3 is 5.11 Å². The van der Waals surface area contributed by atoms with Crippen LogP contribution in [0.3, 0.4) is 0 Å². The normalized spacial score (nSPS) is 28.7. The van der Waals surface area contributed by atoms with Crippen LogP contribution in [0.4, 0.5) is 0 Å². The molecule has 1 aliphatic carbocycles. The third-order valence-electron chi connectivity index (χ3n) is 5.04. The lowest BCUT2D eigenvalue weighted by Crippen LogP contribution is -2.53. The van der Waals surface area contributed by atoms with Gasteiger partial charge in [-0.3, -0.25) is 4.90 Å². The van der Waals surface area contributed by atoms with Crippen molar-refractivity contribution in [3.05, 3.63) is 0 Å². The fraction of sp³-hybridized carbons (Fsp3) is 1.00. The number of rotatable bonds is 5. The van der Waals surface area contributed by atoms with Crippen molar-refractivity contribution in [2.24, 2.45) is 5.92 Å². The van der Waals surface area contributed by atoms with Gasteiger partial charge in [-0.05, 0) is 51.6 Å². The second-order valence-corrected chi connectivity index (χ2v) is 5.95. The second kappa shape index (κ2) is 5.05. The van der Waals surface area contributed by atoms with Crippen LogP contribution in [0, 0.1) is 5.92 Å². The Morgan fingerprint density at radius 2 is 1.88 bits per heavy atom. The molecule has 2 rings (SSSR count). The van der Waals surface area contributed by atoms with Crippen molar-refractivity contribution in [2.75, 3.05) is 13.1 Å². The molecule has 0 aromatic rings. The first-order chi connectivity index (χ1) is 7.66. The van der Waals surface area contributed by atoms with Crippen molar-refractivity contribution in [3.63, 3.8) is 0 Å². The fourth-order valence-corrected chi connectivity index (χ4v) is 3.20. The number of aliphatic hydroxyl groups is 1. The van der Waals surface area contributed by atoms with Gasteiger partial charge in [0.15, 0.2) is 0 Å². The topological polar surface area (TPSA) is 23.5 Å². The fourth-order valence-electron chi connectivity index (χ4n) is 3.20. The van der Waals surface area contributed by atoms with E-state index in [2.05, 4.69) is 18.7 Å². The maximum atomic E-state index is 10.5. The summed E-state index contributed by atoms with van der Waals surface area (Å²) < 4.78 is 0. The maximum Gasteiger partial charge on any atom is 0.0723 e. The van der Waals surface area contributed by atoms with Crippen LogP contribution in [0.25, 0.3) is 0 Å². The van der Waals surface area contributed by atoms with E-state index >= 15 is 0 Å². The Kier molecular flexibility index (Phi) is 3.91. The van der Waals surface area contributed by atoms with Crippen LogP contribution in [-0.4, -0.2) is 34.7 Å². The zero-order chi connectivity index (χ0) is 11.6. The summed E-state index contributed by atoms with van der Waals surface area (Å²) in [6.07, 6.45) is 8.66. The van der Waals surface area contributed by atoms with Crippen molar-refractivity contribution < 1.29 is 5.11 Å². The summed E-state index contributed by atoms with van der Waals surface area (Å²) in [5.41, 5.74) is 0.0338. The van der Waals surface area contributed by atoms with Gasteiger partial charge in [-0.25, -0.2) is 0 Å². The molecule has 2 aliphatic rings. The van der Waals surface area contributed by atoms with Crippen molar-refractivity contribution >= 4 is 0 Å². The van der Waals surface area contributed by atoms with E-state index < -0.39 is 0 Å². The molecule has 0 aromatic carbocycles. The highest BCUT2D eigenvalue weighted by Crippen LogP contribution is 2.36. The van der Waals surface area contributed by atoms with E-state index in [0.29, 0.717) is 0 Å². The van der Waals surface area contributed by atoms with E-state index in [9.17, 15) is 5.11 Å². The van der Waals surface area contributed by atoms with Gasteiger partial charge >= 0.3 is 0 Å². The lowest BCUT2D eigenvalue weighted by molar-refractivity contribution is -0.0310. The number of likely N-dealkylation sites (tertiary alicyclic amines) is 1. The summed E-state index contributed by atoms with van der Waals surface area (Å²) in [5.74, 6) is 0.809. The van der Waals surface area contributed by atoms with Crippen LogP contribution in [-0.2, 0) is 0 Å². The molecule has 1 saturated carbocycles. The Morgan fingerprint density at radius 1 is 1.25 bits per heavy atom. The van der Waals surface area contributed by atoms with Gasteiger partial charge in [0, 0.05) is 5.54 Å². The Balaban J connectivity index is 1.94. The van der Waals surface area contributed by atoms with Crippen LogP contribution in [0.2, 0.25) is 0 Å². The van der Waals surface area contributed by atoms with Crippen molar-refractivity contribution in [3.8, 4) is 0 Å². The van der Waals surface area contributed by atoms with E-state index in [1.807, 2.05) is 0 Å². The number of aliphatic hydroxyl groups excluding tert-OH is 1. The molecule has 0 radical (unpaired) electrons. The number of hydrogen-bond donors (Lipinski definition) is 1. The molecule has 2 nitrogen and oxygen atoms in total. The second-order valence-electron chi connectivity index (χ2n) is 5.95. The molecule has 2 atom stereocenters. The Hall–Kier alpha value is -0.0800. The number of hydrogen-bond acceptors (Lipinski definition) is 2. The van der Waals surface area contributed by atoms with Crippen molar-refractivity contribution in [2.45, 2.75) is 70.4 Å². The molecule has 1 saturated heterocycles. The highest BCUT2D eigenvalue weighted by atomic mass is 16.3. The molecule has 0 amide bonds. The summed E-state index contributed by atoms with van der Waals surface area (Å²) in [5, 5.41) is 10.5. The molecular weight excluding hydrogens is 198 g/mol. The summed E-state index contributed by atoms with van der Waals surface area (Å²) in [7, 11) is 0. The lowest BCUT2D eigenvalue weighted by atomic mass is 9.76. The maximum absolute atomic E-state index is 10.5. The number of nitrogens with zero attached hydrogens (tertiary/aromatic N) is 1. The van der Waals surface area contributed by atoms with Crippen molar-refractivity contribution in [1.82, 2.24) is 4.90 Å². The first kappa shape index (κ1) is 12.4. The molecule has 0 bridgehead atoms. The summed E-state index contributed by atoms with van der Waals surface area (Å²) in [6, 6.07) is 0.